The van der Waals surface area contributed by atoms with Crippen molar-refractivity contribution in [3.63, 3.8) is 0 Å². The molecule has 0 heterocycles. The molecule has 0 unspecified atom stereocenters. The first-order valence-electron chi connectivity index (χ1n) is 5.07. The van der Waals surface area contributed by atoms with Crippen LogP contribution in [0.15, 0.2) is 0 Å². The summed E-state index contributed by atoms with van der Waals surface area (Å²) in [6, 6.07) is -0.362. The molecule has 0 spiro atoms. The second-order valence-electron chi connectivity index (χ2n) is 3.78. The highest BCUT2D eigenvalue weighted by Gasteiger charge is 2.21. The second kappa shape index (κ2) is 7.36. The molecule has 0 fully saturated rings. The van der Waals surface area contributed by atoms with Gasteiger partial charge in [-0.2, -0.15) is 0 Å². The molecular formula is C10H21N3O2. The number of amides is 1. The van der Waals surface area contributed by atoms with Crippen molar-refractivity contribution >= 4 is 11.7 Å². The predicted octanol–water partition coefficient (Wildman–Crippen LogP) is -0.769. The maximum atomic E-state index is 11.7. The Morgan fingerprint density at radius 1 is 1.27 bits per heavy atom. The van der Waals surface area contributed by atoms with Crippen LogP contribution in [-0.2, 0) is 9.59 Å². The number of likely N-dealkylation sites (N-methyl/N-ethyl adjacent to an activating group) is 2. The Labute approximate surface area is 91.2 Å². The molecule has 15 heavy (non-hydrogen) atoms. The Kier molecular flexibility index (Phi) is 6.90. The molecule has 0 aliphatic carbocycles. The maximum Gasteiger partial charge on any atom is 0.237 e. The zero-order valence-electron chi connectivity index (χ0n) is 9.96. The van der Waals surface area contributed by atoms with E-state index in [-0.39, 0.29) is 24.2 Å². The van der Waals surface area contributed by atoms with Gasteiger partial charge in [0.2, 0.25) is 5.91 Å². The average Bonchev–Trinajstić information content (AvgIpc) is 2.13. The summed E-state index contributed by atoms with van der Waals surface area (Å²) in [5.74, 6) is -0.0667. The first kappa shape index (κ1) is 14.1. The van der Waals surface area contributed by atoms with Crippen molar-refractivity contribution in [3.8, 4) is 0 Å². The van der Waals surface area contributed by atoms with Crippen LogP contribution < -0.4 is 10.6 Å². The number of ketones is 1. The lowest BCUT2D eigenvalue weighted by Crippen LogP contribution is -2.45. The Morgan fingerprint density at radius 2 is 1.87 bits per heavy atom. The first-order chi connectivity index (χ1) is 6.99. The number of hydrogen-bond donors (Lipinski definition) is 2. The molecule has 5 heteroatoms. The number of carbonyl (C=O) groups excluding carboxylic acids is 2. The lowest BCUT2D eigenvalue weighted by Gasteiger charge is -2.22. The van der Waals surface area contributed by atoms with Gasteiger partial charge < -0.3 is 10.6 Å². The van der Waals surface area contributed by atoms with Gasteiger partial charge in [0, 0.05) is 19.5 Å². The zero-order chi connectivity index (χ0) is 11.8. The van der Waals surface area contributed by atoms with Crippen molar-refractivity contribution < 1.29 is 9.59 Å². The van der Waals surface area contributed by atoms with Gasteiger partial charge in [0.05, 0.1) is 6.04 Å². The zero-order valence-corrected chi connectivity index (χ0v) is 9.96. The summed E-state index contributed by atoms with van der Waals surface area (Å²) in [5.41, 5.74) is 0. The third-order valence-corrected chi connectivity index (χ3v) is 2.08. The fourth-order valence-corrected chi connectivity index (χ4v) is 1.21. The van der Waals surface area contributed by atoms with Crippen molar-refractivity contribution in [2.75, 3.05) is 34.2 Å². The van der Waals surface area contributed by atoms with E-state index in [9.17, 15) is 9.59 Å². The smallest absolute Gasteiger partial charge is 0.237 e. The van der Waals surface area contributed by atoms with Crippen LogP contribution in [0, 0.1) is 0 Å². The van der Waals surface area contributed by atoms with Gasteiger partial charge in [-0.3, -0.25) is 14.5 Å². The van der Waals surface area contributed by atoms with E-state index in [1.54, 1.807) is 19.0 Å². The molecule has 88 valence electrons. The van der Waals surface area contributed by atoms with E-state index >= 15 is 0 Å². The van der Waals surface area contributed by atoms with Crippen LogP contribution in [-0.4, -0.2) is 56.9 Å². The van der Waals surface area contributed by atoms with E-state index in [1.165, 1.54) is 6.92 Å². The Morgan fingerprint density at radius 3 is 2.27 bits per heavy atom. The molecule has 0 aliphatic rings. The summed E-state index contributed by atoms with van der Waals surface area (Å²) >= 11 is 0. The van der Waals surface area contributed by atoms with Crippen molar-refractivity contribution in [1.82, 2.24) is 15.5 Å². The minimum Gasteiger partial charge on any atom is -0.353 e. The molecule has 1 atom stereocenters. The van der Waals surface area contributed by atoms with Crippen molar-refractivity contribution in [2.24, 2.45) is 0 Å². The summed E-state index contributed by atoms with van der Waals surface area (Å²) in [7, 11) is 5.42. The molecule has 0 radical (unpaired) electrons. The van der Waals surface area contributed by atoms with Crippen LogP contribution >= 0.6 is 0 Å². The number of nitrogens with one attached hydrogen (secondary N) is 2. The minimum atomic E-state index is -0.362. The third kappa shape index (κ3) is 6.19. The van der Waals surface area contributed by atoms with Gasteiger partial charge in [-0.25, -0.2) is 0 Å². The highest BCUT2D eigenvalue weighted by molar-refractivity contribution is 5.88. The fourth-order valence-electron chi connectivity index (χ4n) is 1.21. The van der Waals surface area contributed by atoms with E-state index in [2.05, 4.69) is 10.6 Å². The summed E-state index contributed by atoms with van der Waals surface area (Å²) in [6.45, 7) is 2.81. The van der Waals surface area contributed by atoms with Crippen LogP contribution in [0.1, 0.15) is 13.3 Å². The summed E-state index contributed by atoms with van der Waals surface area (Å²) in [4.78, 5) is 24.4. The fraction of sp³-hybridized carbons (Fsp3) is 0.800. The van der Waals surface area contributed by atoms with Gasteiger partial charge in [-0.1, -0.05) is 0 Å². The maximum absolute atomic E-state index is 11.7. The predicted molar refractivity (Wildman–Crippen MR) is 59.7 cm³/mol. The van der Waals surface area contributed by atoms with Crippen molar-refractivity contribution in [3.05, 3.63) is 0 Å². The average molecular weight is 215 g/mol. The quantitative estimate of drug-likeness (QED) is 0.548. The van der Waals surface area contributed by atoms with E-state index in [0.29, 0.717) is 6.54 Å². The molecule has 0 aromatic carbocycles. The number of Topliss-reactive ketones (excluding diaryl/α,β-unsaturated/α-hetero) is 1. The van der Waals surface area contributed by atoms with Gasteiger partial charge in [0.1, 0.15) is 5.78 Å². The Bertz CT molecular complexity index is 217. The SMILES string of the molecule is CNCCNC(=O)[C@H](CC(C)=O)N(C)C. The van der Waals surface area contributed by atoms with E-state index < -0.39 is 0 Å². The molecule has 1 amide bonds. The van der Waals surface area contributed by atoms with E-state index in [1.807, 2.05) is 7.05 Å². The topological polar surface area (TPSA) is 61.4 Å². The lowest BCUT2D eigenvalue weighted by atomic mass is 10.1. The van der Waals surface area contributed by atoms with Crippen LogP contribution in [0.25, 0.3) is 0 Å². The molecule has 0 aromatic rings. The van der Waals surface area contributed by atoms with Gasteiger partial charge in [-0.15, -0.1) is 0 Å². The summed E-state index contributed by atoms with van der Waals surface area (Å²) in [6.07, 6.45) is 0.262. The molecule has 2 N–H and O–H groups in total. The van der Waals surface area contributed by atoms with Gasteiger partial charge in [0.15, 0.2) is 0 Å². The number of rotatable bonds is 7. The second-order valence-corrected chi connectivity index (χ2v) is 3.78. The number of hydrogen-bond acceptors (Lipinski definition) is 4. The largest absolute Gasteiger partial charge is 0.353 e. The third-order valence-electron chi connectivity index (χ3n) is 2.08. The number of carbonyl (C=O) groups is 2. The monoisotopic (exact) mass is 215 g/mol. The standard InChI is InChI=1S/C10H21N3O2/c1-8(14)7-9(13(3)4)10(15)12-6-5-11-2/h9,11H,5-7H2,1-4H3,(H,12,15)/t9-/m0/s1. The molecule has 0 saturated heterocycles. The Balaban J connectivity index is 4.11. The molecule has 5 nitrogen and oxygen atoms in total. The van der Waals surface area contributed by atoms with E-state index in [0.717, 1.165) is 6.54 Å². The van der Waals surface area contributed by atoms with Crippen LogP contribution in [0.2, 0.25) is 0 Å². The number of nitrogens with zero attached hydrogens (tertiary/aromatic N) is 1. The molecule has 0 aromatic heterocycles. The van der Waals surface area contributed by atoms with E-state index in [4.69, 9.17) is 0 Å². The van der Waals surface area contributed by atoms with Gasteiger partial charge in [-0.05, 0) is 28.1 Å². The molecule has 0 bridgehead atoms. The van der Waals surface area contributed by atoms with Gasteiger partial charge >= 0.3 is 0 Å². The van der Waals surface area contributed by atoms with Gasteiger partial charge in [0.25, 0.3) is 0 Å². The summed E-state index contributed by atoms with van der Waals surface area (Å²) < 4.78 is 0. The van der Waals surface area contributed by atoms with Crippen LogP contribution in [0.5, 0.6) is 0 Å². The summed E-state index contributed by atoms with van der Waals surface area (Å²) in [5, 5.41) is 5.71. The van der Waals surface area contributed by atoms with Crippen molar-refractivity contribution in [1.29, 1.82) is 0 Å². The highest BCUT2D eigenvalue weighted by Crippen LogP contribution is 2.00. The molecular weight excluding hydrogens is 194 g/mol. The normalized spacial score (nSPS) is 12.6. The lowest BCUT2D eigenvalue weighted by molar-refractivity contribution is -0.129. The van der Waals surface area contributed by atoms with Crippen LogP contribution in [0.4, 0.5) is 0 Å². The highest BCUT2D eigenvalue weighted by atomic mass is 16.2. The minimum absolute atomic E-state index is 0.0254. The molecule has 0 saturated carbocycles. The molecule has 0 aliphatic heterocycles. The Hall–Kier alpha value is -0.940. The van der Waals surface area contributed by atoms with Crippen LogP contribution in [0.3, 0.4) is 0 Å². The molecule has 0 rings (SSSR count). The van der Waals surface area contributed by atoms with Crippen molar-refractivity contribution in [2.45, 2.75) is 19.4 Å². The first-order valence-corrected chi connectivity index (χ1v) is 5.07.